The Kier molecular flexibility index (Phi) is 6.34. The van der Waals surface area contributed by atoms with Gasteiger partial charge in [-0.1, -0.05) is 6.58 Å². The molecule has 0 spiro atoms. The summed E-state index contributed by atoms with van der Waals surface area (Å²) >= 11 is 0. The van der Waals surface area contributed by atoms with E-state index in [-0.39, 0.29) is 34.4 Å². The number of nitriles is 1. The van der Waals surface area contributed by atoms with Crippen molar-refractivity contribution in [3.63, 3.8) is 0 Å². The molecule has 35 heavy (non-hydrogen) atoms. The number of halogens is 3. The highest BCUT2D eigenvalue weighted by molar-refractivity contribution is 6.03. The number of ether oxygens (including phenoxy) is 2. The van der Waals surface area contributed by atoms with Crippen molar-refractivity contribution in [3.05, 3.63) is 89.3 Å². The van der Waals surface area contributed by atoms with Gasteiger partial charge in [-0.3, -0.25) is 4.79 Å². The van der Waals surface area contributed by atoms with E-state index in [9.17, 15) is 28.3 Å². The van der Waals surface area contributed by atoms with Crippen molar-refractivity contribution < 1.29 is 32.5 Å². The van der Waals surface area contributed by atoms with E-state index in [1.54, 1.807) is 12.1 Å². The summed E-state index contributed by atoms with van der Waals surface area (Å²) < 4.78 is 49.4. The number of aromatic nitrogens is 1. The third kappa shape index (κ3) is 5.19. The lowest BCUT2D eigenvalue weighted by Crippen LogP contribution is -2.16. The topological polar surface area (TPSA) is 104 Å². The van der Waals surface area contributed by atoms with Gasteiger partial charge in [-0.05, 0) is 48.9 Å². The Bertz CT molecular complexity index is 1310. The third-order valence-electron chi connectivity index (χ3n) is 5.35. The molecule has 0 saturated heterocycles. The average Bonchev–Trinajstić information content (AvgIpc) is 2.83. The van der Waals surface area contributed by atoms with E-state index in [1.165, 1.54) is 24.3 Å². The third-order valence-corrected chi connectivity index (χ3v) is 5.35. The molecular formula is C25H18F3N3O4. The Hall–Kier alpha value is -4.52. The molecule has 2 N–H and O–H groups in total. The van der Waals surface area contributed by atoms with Gasteiger partial charge in [-0.2, -0.15) is 18.4 Å². The summed E-state index contributed by atoms with van der Waals surface area (Å²) in [4.78, 5) is 16.0. The van der Waals surface area contributed by atoms with Crippen molar-refractivity contribution in [1.29, 1.82) is 5.26 Å². The van der Waals surface area contributed by atoms with Crippen LogP contribution >= 0.6 is 0 Å². The normalized spacial score (nSPS) is 14.7. The molecule has 4 rings (SSSR count). The van der Waals surface area contributed by atoms with E-state index in [0.29, 0.717) is 36.3 Å². The molecule has 0 bridgehead atoms. The van der Waals surface area contributed by atoms with E-state index >= 15 is 0 Å². The number of aliphatic hydroxyl groups excluding tert-OH is 1. The van der Waals surface area contributed by atoms with Crippen LogP contribution in [0.1, 0.15) is 39.4 Å². The molecule has 1 unspecified atom stereocenters. The summed E-state index contributed by atoms with van der Waals surface area (Å²) in [5.41, 5.74) is 0.183. The molecule has 3 aromatic rings. The highest BCUT2D eigenvalue weighted by Crippen LogP contribution is 2.41. The summed E-state index contributed by atoms with van der Waals surface area (Å²) in [7, 11) is 0. The van der Waals surface area contributed by atoms with Gasteiger partial charge in [0, 0.05) is 29.3 Å². The fraction of sp³-hybridized carbons (Fsp3) is 0.160. The highest BCUT2D eigenvalue weighted by atomic mass is 19.4. The van der Waals surface area contributed by atoms with Crippen LogP contribution in [0.25, 0.3) is 0 Å². The number of alkyl halides is 3. The lowest BCUT2D eigenvalue weighted by atomic mass is 9.90. The van der Waals surface area contributed by atoms with Crippen LogP contribution in [0, 0.1) is 11.3 Å². The van der Waals surface area contributed by atoms with E-state index in [0.717, 1.165) is 12.1 Å². The van der Waals surface area contributed by atoms with E-state index < -0.39 is 17.6 Å². The number of aliphatic hydroxyl groups is 1. The van der Waals surface area contributed by atoms with Crippen LogP contribution in [0.5, 0.6) is 17.2 Å². The summed E-state index contributed by atoms with van der Waals surface area (Å²) in [5.74, 6) is 0.111. The minimum absolute atomic E-state index is 0.00697. The number of amides is 1. The molecule has 1 amide bonds. The van der Waals surface area contributed by atoms with E-state index in [4.69, 9.17) is 9.47 Å². The molecule has 0 saturated carbocycles. The van der Waals surface area contributed by atoms with Gasteiger partial charge in [0.05, 0.1) is 23.5 Å². The average molecular weight is 481 g/mol. The van der Waals surface area contributed by atoms with Crippen molar-refractivity contribution in [2.24, 2.45) is 0 Å². The number of rotatable bonds is 5. The van der Waals surface area contributed by atoms with Gasteiger partial charge in [-0.15, -0.1) is 0 Å². The molecule has 2 aromatic carbocycles. The highest BCUT2D eigenvalue weighted by Gasteiger charge is 2.30. The molecule has 1 aromatic heterocycles. The van der Waals surface area contributed by atoms with Gasteiger partial charge in [0.2, 0.25) is 0 Å². The van der Waals surface area contributed by atoms with E-state index in [2.05, 4.69) is 22.9 Å². The van der Waals surface area contributed by atoms with Gasteiger partial charge < -0.3 is 19.9 Å². The van der Waals surface area contributed by atoms with Crippen molar-refractivity contribution in [1.82, 2.24) is 4.98 Å². The first kappa shape index (κ1) is 23.6. The molecule has 10 heteroatoms. The molecule has 1 aliphatic rings. The Labute approximate surface area is 198 Å². The van der Waals surface area contributed by atoms with Gasteiger partial charge in [-0.25, -0.2) is 4.98 Å². The molecule has 178 valence electrons. The van der Waals surface area contributed by atoms with Crippen molar-refractivity contribution in [2.75, 3.05) is 11.9 Å². The Morgan fingerprint density at radius 3 is 2.57 bits per heavy atom. The molecule has 0 aliphatic carbocycles. The number of benzene rings is 2. The second-order valence-corrected chi connectivity index (χ2v) is 7.69. The molecular weight excluding hydrogens is 463 g/mol. The summed E-state index contributed by atoms with van der Waals surface area (Å²) in [6, 6.07) is 13.1. The SMILES string of the molecule is C=C(O)C1CCOc2cc(Oc3ccc(C(=O)Nc4ccc(C(F)(F)F)cn4)cc3)c(C#N)cc21. The summed E-state index contributed by atoms with van der Waals surface area (Å²) in [6.45, 7) is 3.96. The predicted molar refractivity (Wildman–Crippen MR) is 119 cm³/mol. The standard InChI is InChI=1S/C25H18F3N3O4/c1-14(32)19-8-9-34-22-11-21(16(12-29)10-20(19)22)35-18-5-2-15(3-6-18)24(33)31-23-7-4-17(13-30-23)25(26,27)28/h2-7,10-11,13,19,32H,1,8-9H2,(H,30,31,33). The van der Waals surface area contributed by atoms with Crippen LogP contribution in [0.4, 0.5) is 19.0 Å². The molecule has 1 aliphatic heterocycles. The lowest BCUT2D eigenvalue weighted by Gasteiger charge is -2.26. The van der Waals surface area contributed by atoms with Crippen LogP contribution < -0.4 is 14.8 Å². The number of nitrogens with one attached hydrogen (secondary N) is 1. The molecule has 2 heterocycles. The number of pyridine rings is 1. The maximum Gasteiger partial charge on any atom is 0.417 e. The number of hydrogen-bond acceptors (Lipinski definition) is 6. The second-order valence-electron chi connectivity index (χ2n) is 7.69. The van der Waals surface area contributed by atoms with Crippen molar-refractivity contribution in [3.8, 4) is 23.3 Å². The predicted octanol–water partition coefficient (Wildman–Crippen LogP) is 5.95. The fourth-order valence-corrected chi connectivity index (χ4v) is 3.56. The van der Waals surface area contributed by atoms with Gasteiger partial charge in [0.25, 0.3) is 5.91 Å². The van der Waals surface area contributed by atoms with Crippen LogP contribution in [0.3, 0.4) is 0 Å². The summed E-state index contributed by atoms with van der Waals surface area (Å²) in [6.07, 6.45) is -3.34. The Balaban J connectivity index is 1.48. The first-order valence-electron chi connectivity index (χ1n) is 10.4. The van der Waals surface area contributed by atoms with E-state index in [1.807, 2.05) is 0 Å². The largest absolute Gasteiger partial charge is 0.512 e. The Morgan fingerprint density at radius 1 is 1.23 bits per heavy atom. The zero-order valence-corrected chi connectivity index (χ0v) is 18.1. The van der Waals surface area contributed by atoms with Gasteiger partial charge >= 0.3 is 6.18 Å². The summed E-state index contributed by atoms with van der Waals surface area (Å²) in [5, 5.41) is 21.8. The number of allylic oxidation sites excluding steroid dienone is 1. The maximum atomic E-state index is 12.6. The first-order valence-corrected chi connectivity index (χ1v) is 10.4. The maximum absolute atomic E-state index is 12.6. The van der Waals surface area contributed by atoms with Gasteiger partial charge in [0.15, 0.2) is 0 Å². The zero-order chi connectivity index (χ0) is 25.2. The number of carbonyl (C=O) groups excluding carboxylic acids is 1. The first-order chi connectivity index (χ1) is 16.7. The lowest BCUT2D eigenvalue weighted by molar-refractivity contribution is -0.137. The minimum atomic E-state index is -4.52. The van der Waals surface area contributed by atoms with Crippen LogP contribution in [-0.2, 0) is 6.18 Å². The number of fused-ring (bicyclic) bond motifs is 1. The smallest absolute Gasteiger partial charge is 0.417 e. The number of anilines is 1. The van der Waals surface area contributed by atoms with Crippen LogP contribution in [0.2, 0.25) is 0 Å². The number of nitrogens with zero attached hydrogens (tertiary/aromatic N) is 2. The monoisotopic (exact) mass is 481 g/mol. The minimum Gasteiger partial charge on any atom is -0.512 e. The second kappa shape index (κ2) is 9.38. The quantitative estimate of drug-likeness (QED) is 0.436. The fourth-order valence-electron chi connectivity index (χ4n) is 3.56. The molecule has 1 atom stereocenters. The Morgan fingerprint density at radius 2 is 1.97 bits per heavy atom. The number of carbonyl (C=O) groups is 1. The van der Waals surface area contributed by atoms with Gasteiger partial charge in [0.1, 0.15) is 29.1 Å². The van der Waals surface area contributed by atoms with Crippen LogP contribution in [-0.4, -0.2) is 22.6 Å². The van der Waals surface area contributed by atoms with Crippen molar-refractivity contribution in [2.45, 2.75) is 18.5 Å². The van der Waals surface area contributed by atoms with Crippen LogP contribution in [0.15, 0.2) is 67.1 Å². The zero-order valence-electron chi connectivity index (χ0n) is 18.1. The molecule has 7 nitrogen and oxygen atoms in total. The molecule has 0 fully saturated rings. The number of hydrogen-bond donors (Lipinski definition) is 2. The molecule has 0 radical (unpaired) electrons. The van der Waals surface area contributed by atoms with Crippen molar-refractivity contribution >= 4 is 11.7 Å².